The number of nitrogens with one attached hydrogen (secondary N) is 2. The summed E-state index contributed by atoms with van der Waals surface area (Å²) in [7, 11) is 0. The molecule has 1 saturated heterocycles. The lowest BCUT2D eigenvalue weighted by atomic mass is 10.1. The van der Waals surface area contributed by atoms with Crippen molar-refractivity contribution < 1.29 is 9.13 Å². The van der Waals surface area contributed by atoms with E-state index < -0.39 is 0 Å². The summed E-state index contributed by atoms with van der Waals surface area (Å²) >= 11 is 0. The number of rotatable bonds is 7. The van der Waals surface area contributed by atoms with Crippen molar-refractivity contribution in [2.24, 2.45) is 4.99 Å². The number of benzene rings is 1. The molecule has 0 bridgehead atoms. The summed E-state index contributed by atoms with van der Waals surface area (Å²) in [5.41, 5.74) is 1.11. The molecule has 1 aliphatic rings. The first-order valence-electron chi connectivity index (χ1n) is 8.77. The third kappa shape index (κ3) is 8.33. The van der Waals surface area contributed by atoms with Gasteiger partial charge in [-0.05, 0) is 38.0 Å². The molecule has 1 atom stereocenters. The van der Waals surface area contributed by atoms with Gasteiger partial charge in [0.25, 0.3) is 0 Å². The molecule has 0 spiro atoms. The highest BCUT2D eigenvalue weighted by Gasteiger charge is 2.16. The highest BCUT2D eigenvalue weighted by Crippen LogP contribution is 2.04. The van der Waals surface area contributed by atoms with Crippen molar-refractivity contribution in [3.8, 4) is 0 Å². The summed E-state index contributed by atoms with van der Waals surface area (Å²) in [4.78, 5) is 7.10. The molecule has 7 heteroatoms. The van der Waals surface area contributed by atoms with E-state index in [1.54, 1.807) is 0 Å². The van der Waals surface area contributed by atoms with Gasteiger partial charge in [-0.2, -0.15) is 0 Å². The number of hydrogen-bond acceptors (Lipinski definition) is 3. The normalized spacial score (nSPS) is 16.8. The first-order chi connectivity index (χ1) is 11.7. The number of aliphatic imine (C=N–C) groups is 1. The van der Waals surface area contributed by atoms with Gasteiger partial charge in [0.2, 0.25) is 0 Å². The van der Waals surface area contributed by atoms with E-state index in [9.17, 15) is 4.39 Å². The van der Waals surface area contributed by atoms with Crippen LogP contribution in [0.2, 0.25) is 0 Å². The Morgan fingerprint density at radius 3 is 2.56 bits per heavy atom. The maximum Gasteiger partial charge on any atom is 0.191 e. The van der Waals surface area contributed by atoms with Crippen LogP contribution in [0.1, 0.15) is 19.4 Å². The smallest absolute Gasteiger partial charge is 0.191 e. The highest BCUT2D eigenvalue weighted by molar-refractivity contribution is 14.0. The minimum absolute atomic E-state index is 0. The van der Waals surface area contributed by atoms with Gasteiger partial charge < -0.3 is 15.4 Å². The van der Waals surface area contributed by atoms with Crippen LogP contribution < -0.4 is 10.6 Å². The number of guanidine groups is 1. The predicted octanol–water partition coefficient (Wildman–Crippen LogP) is 2.26. The number of ether oxygens (including phenoxy) is 1. The van der Waals surface area contributed by atoms with Gasteiger partial charge in [0, 0.05) is 32.2 Å². The Morgan fingerprint density at radius 1 is 1.24 bits per heavy atom. The van der Waals surface area contributed by atoms with Gasteiger partial charge in [0.15, 0.2) is 5.96 Å². The highest BCUT2D eigenvalue weighted by atomic mass is 127. The van der Waals surface area contributed by atoms with Gasteiger partial charge >= 0.3 is 0 Å². The SMILES string of the molecule is CCNC(=NCC(C)N1CCOCC1)NCCc1ccc(F)cc1.I. The number of morpholine rings is 1. The molecule has 142 valence electrons. The van der Waals surface area contributed by atoms with Gasteiger partial charge in [0.1, 0.15) is 5.82 Å². The summed E-state index contributed by atoms with van der Waals surface area (Å²) in [5.74, 6) is 0.637. The fourth-order valence-corrected chi connectivity index (χ4v) is 2.68. The molecule has 2 N–H and O–H groups in total. The van der Waals surface area contributed by atoms with Crippen LogP contribution in [-0.4, -0.2) is 62.8 Å². The van der Waals surface area contributed by atoms with Gasteiger partial charge in [-0.25, -0.2) is 4.39 Å². The van der Waals surface area contributed by atoms with Crippen molar-refractivity contribution >= 4 is 29.9 Å². The van der Waals surface area contributed by atoms with Crippen molar-refractivity contribution in [3.05, 3.63) is 35.6 Å². The first kappa shape index (κ1) is 22.1. The fourth-order valence-electron chi connectivity index (χ4n) is 2.68. The van der Waals surface area contributed by atoms with Crippen LogP contribution in [0.15, 0.2) is 29.3 Å². The van der Waals surface area contributed by atoms with E-state index in [4.69, 9.17) is 4.74 Å². The second-order valence-electron chi connectivity index (χ2n) is 6.02. The van der Waals surface area contributed by atoms with Crippen LogP contribution in [0.25, 0.3) is 0 Å². The van der Waals surface area contributed by atoms with Crippen molar-refractivity contribution in [1.29, 1.82) is 0 Å². The van der Waals surface area contributed by atoms with Gasteiger partial charge in [-0.1, -0.05) is 12.1 Å². The summed E-state index contributed by atoms with van der Waals surface area (Å²) in [6.07, 6.45) is 0.837. The largest absolute Gasteiger partial charge is 0.379 e. The lowest BCUT2D eigenvalue weighted by Gasteiger charge is -2.31. The Labute approximate surface area is 167 Å². The molecule has 0 aliphatic carbocycles. The molecule has 1 aliphatic heterocycles. The van der Waals surface area contributed by atoms with E-state index in [1.165, 1.54) is 12.1 Å². The number of hydrogen-bond donors (Lipinski definition) is 2. The van der Waals surface area contributed by atoms with Crippen LogP contribution in [0.4, 0.5) is 4.39 Å². The van der Waals surface area contributed by atoms with E-state index in [0.717, 1.165) is 63.9 Å². The molecule has 5 nitrogen and oxygen atoms in total. The third-order valence-corrected chi connectivity index (χ3v) is 4.15. The van der Waals surface area contributed by atoms with E-state index in [-0.39, 0.29) is 29.8 Å². The van der Waals surface area contributed by atoms with Crippen molar-refractivity contribution in [3.63, 3.8) is 0 Å². The van der Waals surface area contributed by atoms with Gasteiger partial charge in [-0.15, -0.1) is 24.0 Å². The molecule has 1 aromatic carbocycles. The molecule has 0 amide bonds. The monoisotopic (exact) mass is 464 g/mol. The van der Waals surface area contributed by atoms with E-state index >= 15 is 0 Å². The number of nitrogens with zero attached hydrogens (tertiary/aromatic N) is 2. The maximum absolute atomic E-state index is 12.9. The molecule has 1 aromatic rings. The maximum atomic E-state index is 12.9. The Kier molecular flexibility index (Phi) is 11.0. The molecule has 1 fully saturated rings. The predicted molar refractivity (Wildman–Crippen MR) is 111 cm³/mol. The standard InChI is InChI=1S/C18H29FN4O.HI/c1-3-20-18(21-9-8-16-4-6-17(19)7-5-16)22-14-15(2)23-10-12-24-13-11-23;/h4-7,15H,3,8-14H2,1-2H3,(H2,20,21,22);1H. The lowest BCUT2D eigenvalue weighted by molar-refractivity contribution is 0.0220. The topological polar surface area (TPSA) is 48.9 Å². The van der Waals surface area contributed by atoms with Gasteiger partial charge in [-0.3, -0.25) is 9.89 Å². The van der Waals surface area contributed by atoms with Crippen LogP contribution >= 0.6 is 24.0 Å². The fraction of sp³-hybridized carbons (Fsp3) is 0.611. The Bertz CT molecular complexity index is 506. The van der Waals surface area contributed by atoms with Crippen molar-refractivity contribution in [1.82, 2.24) is 15.5 Å². The second kappa shape index (κ2) is 12.4. The Hall–Kier alpha value is -0.930. The molecule has 0 aromatic heterocycles. The molecular weight excluding hydrogens is 434 g/mol. The summed E-state index contributed by atoms with van der Waals surface area (Å²) in [6.45, 7) is 10.2. The summed E-state index contributed by atoms with van der Waals surface area (Å²) in [6, 6.07) is 7.04. The van der Waals surface area contributed by atoms with Crippen molar-refractivity contribution in [2.75, 3.05) is 45.9 Å². The lowest BCUT2D eigenvalue weighted by Crippen LogP contribution is -2.44. The molecular formula is C18H30FIN4O. The van der Waals surface area contributed by atoms with E-state index in [1.807, 2.05) is 12.1 Å². The third-order valence-electron chi connectivity index (χ3n) is 4.15. The molecule has 0 radical (unpaired) electrons. The summed E-state index contributed by atoms with van der Waals surface area (Å²) < 4.78 is 18.3. The molecule has 25 heavy (non-hydrogen) atoms. The zero-order chi connectivity index (χ0) is 17.2. The minimum Gasteiger partial charge on any atom is -0.379 e. The first-order valence-corrected chi connectivity index (χ1v) is 8.77. The molecule has 1 heterocycles. The van der Waals surface area contributed by atoms with E-state index in [2.05, 4.69) is 34.4 Å². The molecule has 1 unspecified atom stereocenters. The molecule has 2 rings (SSSR count). The Balaban J connectivity index is 0.00000312. The van der Waals surface area contributed by atoms with E-state index in [0.29, 0.717) is 6.04 Å². The Morgan fingerprint density at radius 2 is 1.92 bits per heavy atom. The minimum atomic E-state index is -0.196. The van der Waals surface area contributed by atoms with Crippen LogP contribution in [0, 0.1) is 5.82 Å². The number of halogens is 2. The summed E-state index contributed by atoms with van der Waals surface area (Å²) in [5, 5.41) is 6.62. The van der Waals surface area contributed by atoms with Crippen LogP contribution in [0.3, 0.4) is 0 Å². The average molecular weight is 464 g/mol. The zero-order valence-corrected chi connectivity index (χ0v) is 17.5. The molecule has 0 saturated carbocycles. The second-order valence-corrected chi connectivity index (χ2v) is 6.02. The van der Waals surface area contributed by atoms with Crippen LogP contribution in [-0.2, 0) is 11.2 Å². The quantitative estimate of drug-likeness (QED) is 0.370. The zero-order valence-electron chi connectivity index (χ0n) is 15.1. The van der Waals surface area contributed by atoms with Gasteiger partial charge in [0.05, 0.1) is 19.8 Å². The van der Waals surface area contributed by atoms with Crippen molar-refractivity contribution in [2.45, 2.75) is 26.3 Å². The van der Waals surface area contributed by atoms with Crippen LogP contribution in [0.5, 0.6) is 0 Å². The average Bonchev–Trinajstić information content (AvgIpc) is 2.62.